The molecular formula is C13H12F3N3O4. The zero-order valence-electron chi connectivity index (χ0n) is 12.3. The minimum absolute atomic E-state index is 0.0108. The highest BCUT2D eigenvalue weighted by molar-refractivity contribution is 5.54. The Bertz CT molecular complexity index is 815. The first kappa shape index (κ1) is 16.7. The van der Waals surface area contributed by atoms with Crippen LogP contribution in [0.3, 0.4) is 0 Å². The van der Waals surface area contributed by atoms with Gasteiger partial charge in [0.1, 0.15) is 5.69 Å². The minimum Gasteiger partial charge on any atom is -0.391 e. The molecule has 1 heterocycles. The lowest BCUT2D eigenvalue weighted by molar-refractivity contribution is -0.384. The smallest absolute Gasteiger partial charge is 0.391 e. The number of nitro benzene ring substituents is 1. The molecule has 0 aliphatic carbocycles. The highest BCUT2D eigenvalue weighted by Crippen LogP contribution is 2.34. The second-order valence-corrected chi connectivity index (χ2v) is 5.79. The van der Waals surface area contributed by atoms with E-state index < -0.39 is 39.2 Å². The van der Waals surface area contributed by atoms with Crippen molar-refractivity contribution < 1.29 is 22.5 Å². The van der Waals surface area contributed by atoms with E-state index in [1.165, 1.54) is 0 Å². The van der Waals surface area contributed by atoms with Crippen LogP contribution < -0.4 is 5.76 Å². The normalized spacial score (nSPS) is 12.4. The van der Waals surface area contributed by atoms with Gasteiger partial charge in [0.05, 0.1) is 10.5 Å². The Kier molecular flexibility index (Phi) is 3.79. The molecule has 0 N–H and O–H groups in total. The van der Waals surface area contributed by atoms with Crippen LogP contribution in [0, 0.1) is 10.1 Å². The first-order valence-corrected chi connectivity index (χ1v) is 6.38. The predicted octanol–water partition coefficient (Wildman–Crippen LogP) is 3.05. The molecule has 10 heteroatoms. The van der Waals surface area contributed by atoms with Crippen molar-refractivity contribution in [2.45, 2.75) is 32.4 Å². The van der Waals surface area contributed by atoms with E-state index in [1.807, 2.05) is 0 Å². The van der Waals surface area contributed by atoms with Gasteiger partial charge in [-0.3, -0.25) is 10.1 Å². The monoisotopic (exact) mass is 331 g/mol. The van der Waals surface area contributed by atoms with Gasteiger partial charge in [-0.1, -0.05) is 20.8 Å². The van der Waals surface area contributed by atoms with Crippen molar-refractivity contribution in [3.63, 3.8) is 0 Å². The molecule has 1 aromatic carbocycles. The molecule has 0 bridgehead atoms. The topological polar surface area (TPSA) is 91.2 Å². The fourth-order valence-electron chi connectivity index (χ4n) is 1.76. The molecule has 2 aromatic rings. The average molecular weight is 331 g/mol. The summed E-state index contributed by atoms with van der Waals surface area (Å²) >= 11 is 0. The molecular weight excluding hydrogens is 319 g/mol. The number of halogens is 3. The van der Waals surface area contributed by atoms with E-state index in [0.717, 1.165) is 6.07 Å². The lowest BCUT2D eigenvalue weighted by atomic mass is 9.97. The van der Waals surface area contributed by atoms with Crippen LogP contribution in [0.2, 0.25) is 0 Å². The Balaban J connectivity index is 2.67. The summed E-state index contributed by atoms with van der Waals surface area (Å²) in [4.78, 5) is 21.9. The number of nitro groups is 1. The van der Waals surface area contributed by atoms with Gasteiger partial charge in [-0.05, 0) is 12.1 Å². The van der Waals surface area contributed by atoms with E-state index in [9.17, 15) is 28.1 Å². The molecule has 1 aromatic heterocycles. The highest BCUT2D eigenvalue weighted by Gasteiger charge is 2.34. The molecule has 2 rings (SSSR count). The van der Waals surface area contributed by atoms with Crippen molar-refractivity contribution >= 4 is 5.69 Å². The van der Waals surface area contributed by atoms with Crippen LogP contribution in [0.5, 0.6) is 0 Å². The van der Waals surface area contributed by atoms with Gasteiger partial charge in [-0.25, -0.2) is 4.79 Å². The number of hydrogen-bond acceptors (Lipinski definition) is 5. The number of benzene rings is 1. The highest BCUT2D eigenvalue weighted by atomic mass is 19.4. The molecule has 0 aliphatic heterocycles. The Labute approximate surface area is 127 Å². The van der Waals surface area contributed by atoms with Crippen molar-refractivity contribution in [3.05, 3.63) is 50.3 Å². The summed E-state index contributed by atoms with van der Waals surface area (Å²) in [6.07, 6.45) is -4.74. The Hall–Kier alpha value is -2.65. The van der Waals surface area contributed by atoms with Crippen LogP contribution in [0.15, 0.2) is 27.4 Å². The first-order valence-electron chi connectivity index (χ1n) is 6.38. The van der Waals surface area contributed by atoms with Gasteiger partial charge < -0.3 is 4.42 Å². The SMILES string of the molecule is CC(C)(C)c1nn(-c2ccc(C(F)(F)F)cc2[N+](=O)[O-])c(=O)o1. The van der Waals surface area contributed by atoms with Crippen molar-refractivity contribution in [3.8, 4) is 5.69 Å². The van der Waals surface area contributed by atoms with Gasteiger partial charge in [0.25, 0.3) is 5.69 Å². The van der Waals surface area contributed by atoms with Gasteiger partial charge in [-0.15, -0.1) is 5.10 Å². The summed E-state index contributed by atoms with van der Waals surface area (Å²) in [6, 6.07) is 1.81. The van der Waals surface area contributed by atoms with Crippen LogP contribution >= 0.6 is 0 Å². The molecule has 0 spiro atoms. The summed E-state index contributed by atoms with van der Waals surface area (Å²) in [5.74, 6) is -1.01. The van der Waals surface area contributed by atoms with Crippen LogP contribution in [0.25, 0.3) is 5.69 Å². The van der Waals surface area contributed by atoms with Gasteiger partial charge in [0.15, 0.2) is 0 Å². The van der Waals surface area contributed by atoms with Crippen molar-refractivity contribution in [1.82, 2.24) is 9.78 Å². The molecule has 0 unspecified atom stereocenters. The maximum atomic E-state index is 12.7. The van der Waals surface area contributed by atoms with E-state index >= 15 is 0 Å². The van der Waals surface area contributed by atoms with E-state index in [-0.39, 0.29) is 5.89 Å². The maximum absolute atomic E-state index is 12.7. The zero-order valence-corrected chi connectivity index (χ0v) is 12.3. The average Bonchev–Trinajstić information content (AvgIpc) is 2.79. The van der Waals surface area contributed by atoms with E-state index in [1.54, 1.807) is 20.8 Å². The summed E-state index contributed by atoms with van der Waals surface area (Å²) in [5.41, 5.74) is -3.13. The van der Waals surface area contributed by atoms with Gasteiger partial charge >= 0.3 is 11.9 Å². The third-order valence-corrected chi connectivity index (χ3v) is 2.92. The third kappa shape index (κ3) is 3.25. The Morgan fingerprint density at radius 1 is 1.26 bits per heavy atom. The third-order valence-electron chi connectivity index (χ3n) is 2.92. The van der Waals surface area contributed by atoms with E-state index in [2.05, 4.69) is 5.10 Å². The molecule has 124 valence electrons. The van der Waals surface area contributed by atoms with Crippen molar-refractivity contribution in [2.75, 3.05) is 0 Å². The molecule has 0 aliphatic rings. The number of hydrogen-bond donors (Lipinski definition) is 0. The van der Waals surface area contributed by atoms with Crippen molar-refractivity contribution in [1.29, 1.82) is 0 Å². The lowest BCUT2D eigenvalue weighted by Gasteiger charge is -2.11. The van der Waals surface area contributed by atoms with Crippen LogP contribution in [0.1, 0.15) is 32.2 Å². The fourth-order valence-corrected chi connectivity index (χ4v) is 1.76. The minimum atomic E-state index is -4.74. The van der Waals surface area contributed by atoms with Crippen LogP contribution in [-0.2, 0) is 11.6 Å². The molecule has 0 radical (unpaired) electrons. The largest absolute Gasteiger partial charge is 0.442 e. The predicted molar refractivity (Wildman–Crippen MR) is 72.5 cm³/mol. The van der Waals surface area contributed by atoms with Gasteiger partial charge in [0, 0.05) is 11.5 Å². The molecule has 0 atom stereocenters. The molecule has 7 nitrogen and oxygen atoms in total. The second kappa shape index (κ2) is 5.21. The molecule has 0 saturated carbocycles. The number of aromatic nitrogens is 2. The fraction of sp³-hybridized carbons (Fsp3) is 0.385. The van der Waals surface area contributed by atoms with E-state index in [0.29, 0.717) is 16.8 Å². The van der Waals surface area contributed by atoms with Crippen LogP contribution in [0.4, 0.5) is 18.9 Å². The molecule has 23 heavy (non-hydrogen) atoms. The Morgan fingerprint density at radius 3 is 2.30 bits per heavy atom. The van der Waals surface area contributed by atoms with Gasteiger partial charge in [-0.2, -0.15) is 17.9 Å². The lowest BCUT2D eigenvalue weighted by Crippen LogP contribution is -2.16. The first-order chi connectivity index (χ1) is 10.4. The quantitative estimate of drug-likeness (QED) is 0.623. The van der Waals surface area contributed by atoms with Crippen molar-refractivity contribution in [2.24, 2.45) is 0 Å². The van der Waals surface area contributed by atoms with Gasteiger partial charge in [0.2, 0.25) is 5.89 Å². The second-order valence-electron chi connectivity index (χ2n) is 5.79. The summed E-state index contributed by atoms with van der Waals surface area (Å²) in [5, 5.41) is 14.9. The Morgan fingerprint density at radius 2 is 1.87 bits per heavy atom. The standard InChI is InChI=1S/C13H12F3N3O4/c1-12(2,3)10-17-18(11(20)23-10)8-5-4-7(13(14,15)16)6-9(8)19(21)22/h4-6H,1-3H3. The maximum Gasteiger partial charge on any atom is 0.442 e. The number of alkyl halides is 3. The number of nitrogens with zero attached hydrogens (tertiary/aromatic N) is 3. The van der Waals surface area contributed by atoms with Crippen LogP contribution in [-0.4, -0.2) is 14.7 Å². The zero-order chi connectivity index (χ0) is 17.6. The van der Waals surface area contributed by atoms with E-state index in [4.69, 9.17) is 4.42 Å². The molecule has 0 amide bonds. The molecule has 0 fully saturated rings. The number of rotatable bonds is 2. The summed E-state index contributed by atoms with van der Waals surface area (Å²) < 4.78 is 43.5. The molecule has 0 saturated heterocycles. The summed E-state index contributed by atoms with van der Waals surface area (Å²) in [7, 11) is 0. The summed E-state index contributed by atoms with van der Waals surface area (Å²) in [6.45, 7) is 5.09.